The molecule has 3 heteroatoms. The summed E-state index contributed by atoms with van der Waals surface area (Å²) >= 11 is 0. The third kappa shape index (κ3) is 4.86. The van der Waals surface area contributed by atoms with E-state index in [1.54, 1.807) is 6.08 Å². The first-order valence-electron chi connectivity index (χ1n) is 14.3. The van der Waals surface area contributed by atoms with Gasteiger partial charge in [0.2, 0.25) is 0 Å². The maximum absolute atomic E-state index is 5.16. The molecule has 202 valence electrons. The standard InChI is InChI=1S/C37H25N3.C2H6/c1-3-24-21-31(23-38-34(24)4-2)26-13-16-28(17-14-26)37-39-35(30-18-15-25-9-5-6-11-29(25)22-30)33-20-19-27-10-7-8-12-32(27)36(33)40-37;1-2/h3-23H,1-2H2;1-2H3. The fourth-order valence-corrected chi connectivity index (χ4v) is 5.35. The van der Waals surface area contributed by atoms with E-state index < -0.39 is 0 Å². The van der Waals surface area contributed by atoms with Crippen LogP contribution in [0.25, 0.3) is 78.4 Å². The first-order valence-corrected chi connectivity index (χ1v) is 14.3. The van der Waals surface area contributed by atoms with Crippen LogP contribution in [-0.2, 0) is 0 Å². The van der Waals surface area contributed by atoms with Gasteiger partial charge in [0, 0.05) is 39.2 Å². The highest BCUT2D eigenvalue weighted by molar-refractivity contribution is 6.10. The topological polar surface area (TPSA) is 38.7 Å². The van der Waals surface area contributed by atoms with E-state index in [2.05, 4.69) is 127 Å². The molecule has 0 fully saturated rings. The lowest BCUT2D eigenvalue weighted by Crippen LogP contribution is -1.96. The average molecular weight is 542 g/mol. The molecule has 0 spiro atoms. The van der Waals surface area contributed by atoms with Gasteiger partial charge in [0.25, 0.3) is 0 Å². The Kier molecular flexibility index (Phi) is 7.40. The van der Waals surface area contributed by atoms with Gasteiger partial charge in [-0.2, -0.15) is 0 Å². The summed E-state index contributed by atoms with van der Waals surface area (Å²) in [4.78, 5) is 14.8. The highest BCUT2D eigenvalue weighted by Gasteiger charge is 2.14. The highest BCUT2D eigenvalue weighted by atomic mass is 14.9. The Hall–Kier alpha value is -5.41. The summed E-state index contributed by atoms with van der Waals surface area (Å²) in [5.41, 5.74) is 7.79. The number of nitrogens with zero attached hydrogens (tertiary/aromatic N) is 3. The van der Waals surface area contributed by atoms with Gasteiger partial charge in [-0.1, -0.05) is 124 Å². The summed E-state index contributed by atoms with van der Waals surface area (Å²) < 4.78 is 0. The van der Waals surface area contributed by atoms with Crippen molar-refractivity contribution in [2.75, 3.05) is 0 Å². The van der Waals surface area contributed by atoms with Crippen LogP contribution in [-0.4, -0.2) is 15.0 Å². The molecule has 0 aliphatic heterocycles. The molecule has 0 saturated carbocycles. The lowest BCUT2D eigenvalue weighted by Gasteiger charge is -2.12. The zero-order chi connectivity index (χ0) is 29.1. The van der Waals surface area contributed by atoms with Crippen LogP contribution < -0.4 is 0 Å². The number of hydrogen-bond donors (Lipinski definition) is 0. The second kappa shape index (κ2) is 11.6. The number of rotatable bonds is 5. The molecular weight excluding hydrogens is 510 g/mol. The molecule has 0 N–H and O–H groups in total. The summed E-state index contributed by atoms with van der Waals surface area (Å²) in [6.07, 6.45) is 5.43. The lowest BCUT2D eigenvalue weighted by molar-refractivity contribution is 1.23. The molecule has 0 amide bonds. The van der Waals surface area contributed by atoms with E-state index in [-0.39, 0.29) is 0 Å². The van der Waals surface area contributed by atoms with Gasteiger partial charge in [-0.3, -0.25) is 4.98 Å². The van der Waals surface area contributed by atoms with Crippen molar-refractivity contribution in [2.24, 2.45) is 0 Å². The molecule has 0 aliphatic rings. The van der Waals surface area contributed by atoms with E-state index in [1.165, 1.54) is 10.8 Å². The van der Waals surface area contributed by atoms with Crippen molar-refractivity contribution in [1.29, 1.82) is 0 Å². The molecule has 5 aromatic carbocycles. The molecule has 0 saturated heterocycles. The van der Waals surface area contributed by atoms with Crippen LogP contribution in [0.4, 0.5) is 0 Å². The van der Waals surface area contributed by atoms with Crippen LogP contribution >= 0.6 is 0 Å². The maximum atomic E-state index is 5.16. The van der Waals surface area contributed by atoms with E-state index in [0.29, 0.717) is 5.82 Å². The number of aromatic nitrogens is 3. The fourth-order valence-electron chi connectivity index (χ4n) is 5.35. The van der Waals surface area contributed by atoms with Crippen LogP contribution in [0.3, 0.4) is 0 Å². The quantitative estimate of drug-likeness (QED) is 0.203. The van der Waals surface area contributed by atoms with Crippen LogP contribution in [0, 0.1) is 0 Å². The summed E-state index contributed by atoms with van der Waals surface area (Å²) in [6, 6.07) is 38.1. The molecule has 0 bridgehead atoms. The number of benzene rings is 5. The summed E-state index contributed by atoms with van der Waals surface area (Å²) in [5, 5.41) is 5.72. The molecule has 3 nitrogen and oxygen atoms in total. The largest absolute Gasteiger partial charge is 0.256 e. The van der Waals surface area contributed by atoms with E-state index >= 15 is 0 Å². The molecule has 7 aromatic rings. The first kappa shape index (κ1) is 26.8. The van der Waals surface area contributed by atoms with E-state index in [0.717, 1.165) is 60.9 Å². The Morgan fingerprint density at radius 2 is 1.21 bits per heavy atom. The lowest BCUT2D eigenvalue weighted by atomic mass is 9.99. The van der Waals surface area contributed by atoms with Crippen LogP contribution in [0.1, 0.15) is 25.1 Å². The smallest absolute Gasteiger partial charge is 0.160 e. The second-order valence-electron chi connectivity index (χ2n) is 9.82. The molecule has 0 unspecified atom stereocenters. The SMILES string of the molecule is C=Cc1cc(-c2ccc(-c3nc(-c4ccc5ccccc5c4)c4ccc5ccccc5c4n3)cc2)cnc1C=C.CC. The number of hydrogen-bond acceptors (Lipinski definition) is 3. The predicted octanol–water partition coefficient (Wildman–Crippen LogP) is 10.6. The molecule has 2 aromatic heterocycles. The van der Waals surface area contributed by atoms with Crippen LogP contribution in [0.15, 0.2) is 129 Å². The minimum atomic E-state index is 0.700. The minimum Gasteiger partial charge on any atom is -0.256 e. The van der Waals surface area contributed by atoms with Crippen molar-refractivity contribution in [1.82, 2.24) is 15.0 Å². The molecule has 7 rings (SSSR count). The minimum absolute atomic E-state index is 0.700. The van der Waals surface area contributed by atoms with Crippen molar-refractivity contribution < 1.29 is 0 Å². The van der Waals surface area contributed by atoms with Gasteiger partial charge in [0.05, 0.1) is 16.9 Å². The molecule has 42 heavy (non-hydrogen) atoms. The summed E-state index contributed by atoms with van der Waals surface area (Å²) in [5.74, 6) is 0.700. The third-order valence-corrected chi connectivity index (χ3v) is 7.45. The van der Waals surface area contributed by atoms with Gasteiger partial charge < -0.3 is 0 Å². The summed E-state index contributed by atoms with van der Waals surface area (Å²) in [6.45, 7) is 11.8. The monoisotopic (exact) mass is 541 g/mol. The maximum Gasteiger partial charge on any atom is 0.160 e. The van der Waals surface area contributed by atoms with Crippen molar-refractivity contribution in [3.05, 3.63) is 140 Å². The second-order valence-corrected chi connectivity index (χ2v) is 9.82. The van der Waals surface area contributed by atoms with Crippen molar-refractivity contribution in [3.8, 4) is 33.8 Å². The average Bonchev–Trinajstić information content (AvgIpc) is 3.08. The van der Waals surface area contributed by atoms with Crippen molar-refractivity contribution in [3.63, 3.8) is 0 Å². The highest BCUT2D eigenvalue weighted by Crippen LogP contribution is 2.35. The predicted molar refractivity (Wildman–Crippen MR) is 180 cm³/mol. The Morgan fingerprint density at radius 3 is 1.98 bits per heavy atom. The van der Waals surface area contributed by atoms with Gasteiger partial charge in [-0.25, -0.2) is 9.97 Å². The van der Waals surface area contributed by atoms with Gasteiger partial charge in [-0.05, 0) is 46.0 Å². The van der Waals surface area contributed by atoms with Crippen LogP contribution in [0.2, 0.25) is 0 Å². The zero-order valence-corrected chi connectivity index (χ0v) is 23.9. The van der Waals surface area contributed by atoms with Gasteiger partial charge >= 0.3 is 0 Å². The van der Waals surface area contributed by atoms with Gasteiger partial charge in [0.15, 0.2) is 5.82 Å². The Morgan fingerprint density at radius 1 is 0.548 bits per heavy atom. The summed E-state index contributed by atoms with van der Waals surface area (Å²) in [7, 11) is 0. The normalized spacial score (nSPS) is 10.8. The molecule has 0 radical (unpaired) electrons. The Labute approximate surface area is 246 Å². The molecule has 0 aliphatic carbocycles. The van der Waals surface area contributed by atoms with E-state index in [1.807, 2.05) is 26.1 Å². The van der Waals surface area contributed by atoms with Crippen molar-refractivity contribution in [2.45, 2.75) is 13.8 Å². The fraction of sp³-hybridized carbons (Fsp3) is 0.0513. The molecule has 2 heterocycles. The van der Waals surface area contributed by atoms with Gasteiger partial charge in [0.1, 0.15) is 0 Å². The van der Waals surface area contributed by atoms with E-state index in [9.17, 15) is 0 Å². The van der Waals surface area contributed by atoms with Crippen molar-refractivity contribution >= 4 is 44.6 Å². The zero-order valence-electron chi connectivity index (χ0n) is 23.9. The van der Waals surface area contributed by atoms with Crippen LogP contribution in [0.5, 0.6) is 0 Å². The van der Waals surface area contributed by atoms with E-state index in [4.69, 9.17) is 9.97 Å². The Bertz CT molecular complexity index is 2090. The first-order chi connectivity index (χ1) is 20.7. The molecule has 0 atom stereocenters. The third-order valence-electron chi connectivity index (χ3n) is 7.45. The number of fused-ring (bicyclic) bond motifs is 4. The molecular formula is C39H31N3. The van der Waals surface area contributed by atoms with Gasteiger partial charge in [-0.15, -0.1) is 0 Å². The number of pyridine rings is 1. The Balaban J connectivity index is 0.00000155.